The highest BCUT2D eigenvalue weighted by molar-refractivity contribution is 7.99. The van der Waals surface area contributed by atoms with Gasteiger partial charge in [-0.3, -0.25) is 4.79 Å². The number of likely N-dealkylation sites (N-methyl/N-ethyl adjacent to an activating group) is 1. The molecule has 1 aliphatic rings. The van der Waals surface area contributed by atoms with E-state index in [1.54, 1.807) is 0 Å². The number of amides is 1. The smallest absolute Gasteiger partial charge is 0.237 e. The fraction of sp³-hybridized carbons (Fsp3) is 0.857. The van der Waals surface area contributed by atoms with E-state index in [1.807, 2.05) is 35.7 Å². The van der Waals surface area contributed by atoms with Crippen molar-refractivity contribution in [3.8, 4) is 0 Å². The van der Waals surface area contributed by atoms with Crippen molar-refractivity contribution in [2.45, 2.75) is 0 Å². The van der Waals surface area contributed by atoms with Crippen LogP contribution in [-0.2, 0) is 4.79 Å². The second kappa shape index (κ2) is 3.97. The highest BCUT2D eigenvalue weighted by Crippen LogP contribution is 2.12. The second-order valence-corrected chi connectivity index (χ2v) is 4.01. The molecule has 0 N–H and O–H groups in total. The Labute approximate surface area is 71.7 Å². The van der Waals surface area contributed by atoms with Crippen LogP contribution in [0.25, 0.3) is 0 Å². The largest absolute Gasteiger partial charge is 0.332 e. The van der Waals surface area contributed by atoms with Crippen molar-refractivity contribution < 1.29 is 4.79 Å². The van der Waals surface area contributed by atoms with Crippen LogP contribution >= 0.6 is 11.8 Å². The Morgan fingerprint density at radius 1 is 1.64 bits per heavy atom. The predicted molar refractivity (Wildman–Crippen MR) is 47.6 cm³/mol. The standard InChI is InChI=1S/C7H14N2OS/c1-8(2)5-7(10)9-3-4-11-6-9/h3-6H2,1-2H3. The van der Waals surface area contributed by atoms with Gasteiger partial charge >= 0.3 is 0 Å². The lowest BCUT2D eigenvalue weighted by Gasteiger charge is -2.16. The van der Waals surface area contributed by atoms with Crippen molar-refractivity contribution in [2.75, 3.05) is 38.8 Å². The average molecular weight is 174 g/mol. The first kappa shape index (κ1) is 8.87. The van der Waals surface area contributed by atoms with E-state index in [1.165, 1.54) is 0 Å². The van der Waals surface area contributed by atoms with Crippen LogP contribution in [0.1, 0.15) is 0 Å². The molecular weight excluding hydrogens is 160 g/mol. The van der Waals surface area contributed by atoms with E-state index in [0.717, 1.165) is 18.2 Å². The Morgan fingerprint density at radius 3 is 2.82 bits per heavy atom. The summed E-state index contributed by atoms with van der Waals surface area (Å²) in [5, 5.41) is 0. The quantitative estimate of drug-likeness (QED) is 0.592. The van der Waals surface area contributed by atoms with E-state index < -0.39 is 0 Å². The van der Waals surface area contributed by atoms with Crippen LogP contribution in [0.2, 0.25) is 0 Å². The minimum absolute atomic E-state index is 0.250. The molecule has 11 heavy (non-hydrogen) atoms. The maximum atomic E-state index is 11.3. The molecule has 0 aliphatic carbocycles. The summed E-state index contributed by atoms with van der Waals surface area (Å²) in [7, 11) is 3.84. The molecule has 0 aromatic rings. The summed E-state index contributed by atoms with van der Waals surface area (Å²) < 4.78 is 0. The van der Waals surface area contributed by atoms with E-state index in [4.69, 9.17) is 0 Å². The Bertz CT molecular complexity index is 143. The zero-order valence-electron chi connectivity index (χ0n) is 7.04. The monoisotopic (exact) mass is 174 g/mol. The van der Waals surface area contributed by atoms with Gasteiger partial charge in [-0.15, -0.1) is 11.8 Å². The summed E-state index contributed by atoms with van der Waals surface area (Å²) in [6.07, 6.45) is 0. The summed E-state index contributed by atoms with van der Waals surface area (Å²) in [4.78, 5) is 15.1. The molecular formula is C7H14N2OS. The van der Waals surface area contributed by atoms with Crippen LogP contribution in [-0.4, -0.2) is 54.5 Å². The normalized spacial score (nSPS) is 17.9. The summed E-state index contributed by atoms with van der Waals surface area (Å²) in [5.74, 6) is 2.23. The van der Waals surface area contributed by atoms with Crippen molar-refractivity contribution >= 4 is 17.7 Å². The Kier molecular flexibility index (Phi) is 3.20. The van der Waals surface area contributed by atoms with Gasteiger partial charge in [0.15, 0.2) is 0 Å². The lowest BCUT2D eigenvalue weighted by molar-refractivity contribution is -0.130. The lowest BCUT2D eigenvalue weighted by atomic mass is 10.5. The molecule has 64 valence electrons. The van der Waals surface area contributed by atoms with E-state index in [0.29, 0.717) is 6.54 Å². The fourth-order valence-corrected chi connectivity index (χ4v) is 1.95. The number of thioether (sulfide) groups is 1. The molecule has 1 heterocycles. The second-order valence-electron chi connectivity index (χ2n) is 2.93. The van der Waals surface area contributed by atoms with E-state index in [2.05, 4.69) is 0 Å². The number of rotatable bonds is 2. The summed E-state index contributed by atoms with van der Waals surface area (Å²) in [6, 6.07) is 0. The van der Waals surface area contributed by atoms with E-state index in [-0.39, 0.29) is 5.91 Å². The molecule has 0 radical (unpaired) electrons. The highest BCUT2D eigenvalue weighted by Gasteiger charge is 2.17. The summed E-state index contributed by atoms with van der Waals surface area (Å²) in [6.45, 7) is 1.47. The van der Waals surface area contributed by atoms with Crippen molar-refractivity contribution in [2.24, 2.45) is 0 Å². The molecule has 4 heteroatoms. The van der Waals surface area contributed by atoms with E-state index in [9.17, 15) is 4.79 Å². The number of nitrogens with zero attached hydrogens (tertiary/aromatic N) is 2. The molecule has 0 atom stereocenters. The average Bonchev–Trinajstić information content (AvgIpc) is 2.35. The number of carbonyl (C=O) groups excluding carboxylic acids is 1. The molecule has 0 saturated carbocycles. The van der Waals surface area contributed by atoms with Crippen LogP contribution in [0, 0.1) is 0 Å². The van der Waals surface area contributed by atoms with Gasteiger partial charge < -0.3 is 9.80 Å². The molecule has 0 spiro atoms. The molecule has 3 nitrogen and oxygen atoms in total. The van der Waals surface area contributed by atoms with Crippen molar-refractivity contribution in [3.63, 3.8) is 0 Å². The van der Waals surface area contributed by atoms with Gasteiger partial charge in [0.25, 0.3) is 0 Å². The molecule has 1 rings (SSSR count). The molecule has 0 unspecified atom stereocenters. The highest BCUT2D eigenvalue weighted by atomic mass is 32.2. The van der Waals surface area contributed by atoms with Gasteiger partial charge in [0.05, 0.1) is 12.4 Å². The maximum absolute atomic E-state index is 11.3. The van der Waals surface area contributed by atoms with Crippen LogP contribution in [0.5, 0.6) is 0 Å². The first-order valence-electron chi connectivity index (χ1n) is 3.70. The van der Waals surface area contributed by atoms with E-state index >= 15 is 0 Å². The summed E-state index contributed by atoms with van der Waals surface area (Å²) in [5.41, 5.74) is 0. The van der Waals surface area contributed by atoms with Gasteiger partial charge in [0.2, 0.25) is 5.91 Å². The minimum Gasteiger partial charge on any atom is -0.332 e. The topological polar surface area (TPSA) is 23.6 Å². The minimum atomic E-state index is 0.250. The number of hydrogen-bond acceptors (Lipinski definition) is 3. The zero-order chi connectivity index (χ0) is 8.27. The third kappa shape index (κ3) is 2.71. The van der Waals surface area contributed by atoms with Crippen molar-refractivity contribution in [3.05, 3.63) is 0 Å². The first-order valence-corrected chi connectivity index (χ1v) is 4.86. The Hall–Kier alpha value is -0.220. The molecule has 0 aromatic carbocycles. The molecule has 1 amide bonds. The third-order valence-electron chi connectivity index (χ3n) is 1.56. The summed E-state index contributed by atoms with van der Waals surface area (Å²) >= 11 is 1.82. The van der Waals surface area contributed by atoms with Crippen LogP contribution in [0.3, 0.4) is 0 Å². The van der Waals surface area contributed by atoms with Gasteiger partial charge in [-0.25, -0.2) is 0 Å². The zero-order valence-corrected chi connectivity index (χ0v) is 7.86. The maximum Gasteiger partial charge on any atom is 0.237 e. The van der Waals surface area contributed by atoms with Gasteiger partial charge in [0.1, 0.15) is 0 Å². The van der Waals surface area contributed by atoms with Crippen molar-refractivity contribution in [1.82, 2.24) is 9.80 Å². The van der Waals surface area contributed by atoms with Crippen LogP contribution in [0.15, 0.2) is 0 Å². The molecule has 0 bridgehead atoms. The number of hydrogen-bond donors (Lipinski definition) is 0. The SMILES string of the molecule is CN(C)CC(=O)N1CCSC1. The third-order valence-corrected chi connectivity index (χ3v) is 2.52. The number of carbonyl (C=O) groups is 1. The van der Waals surface area contributed by atoms with Crippen molar-refractivity contribution in [1.29, 1.82) is 0 Å². The van der Waals surface area contributed by atoms with Gasteiger partial charge in [-0.05, 0) is 14.1 Å². The predicted octanol–water partition coefficient (Wildman–Crippen LogP) is 0.0809. The molecule has 1 fully saturated rings. The first-order chi connectivity index (χ1) is 5.20. The van der Waals surface area contributed by atoms with Crippen LogP contribution in [0.4, 0.5) is 0 Å². The lowest BCUT2D eigenvalue weighted by Crippen LogP contribution is -2.35. The van der Waals surface area contributed by atoms with Gasteiger partial charge in [0, 0.05) is 12.3 Å². The fourth-order valence-electron chi connectivity index (χ4n) is 0.981. The molecule has 1 aliphatic heterocycles. The Balaban J connectivity index is 2.28. The van der Waals surface area contributed by atoms with Gasteiger partial charge in [-0.1, -0.05) is 0 Å². The molecule has 1 saturated heterocycles. The molecule has 0 aromatic heterocycles. The van der Waals surface area contributed by atoms with Crippen LogP contribution < -0.4 is 0 Å². The Morgan fingerprint density at radius 2 is 2.36 bits per heavy atom. The van der Waals surface area contributed by atoms with Gasteiger partial charge in [-0.2, -0.15) is 0 Å².